The molecule has 0 bridgehead atoms. The van der Waals surface area contributed by atoms with Crippen LogP contribution in [0.1, 0.15) is 35.7 Å². The lowest BCUT2D eigenvalue weighted by molar-refractivity contribution is -0.137. The fraction of sp³-hybridized carbons (Fsp3) is 0.389. The van der Waals surface area contributed by atoms with Crippen molar-refractivity contribution in [1.29, 1.82) is 0 Å². The highest BCUT2D eigenvalue weighted by molar-refractivity contribution is 6.03. The molecule has 0 aliphatic carbocycles. The first-order valence-electron chi connectivity index (χ1n) is 8.38. The van der Waals surface area contributed by atoms with Crippen LogP contribution in [0.2, 0.25) is 0 Å². The Hall–Kier alpha value is -2.64. The summed E-state index contributed by atoms with van der Waals surface area (Å²) in [7, 11) is 0. The molecule has 1 aromatic heterocycles. The van der Waals surface area contributed by atoms with E-state index in [4.69, 9.17) is 0 Å². The van der Waals surface area contributed by atoms with Crippen LogP contribution >= 0.6 is 0 Å². The number of hydrogen-bond acceptors (Lipinski definition) is 4. The van der Waals surface area contributed by atoms with Crippen LogP contribution in [-0.2, 0) is 6.18 Å². The van der Waals surface area contributed by atoms with Crippen LogP contribution in [-0.4, -0.2) is 29.0 Å². The number of carbonyl (C=O) groups excluding carboxylic acids is 1. The number of nitrogens with zero attached hydrogens (tertiary/aromatic N) is 3. The molecule has 26 heavy (non-hydrogen) atoms. The minimum Gasteiger partial charge on any atom is -0.341 e. The summed E-state index contributed by atoms with van der Waals surface area (Å²) in [4.78, 5) is 22.7. The topological polar surface area (TPSA) is 58.1 Å². The van der Waals surface area contributed by atoms with E-state index in [1.165, 1.54) is 24.5 Å². The van der Waals surface area contributed by atoms with Crippen LogP contribution in [0.3, 0.4) is 0 Å². The van der Waals surface area contributed by atoms with E-state index in [0.29, 0.717) is 11.9 Å². The molecule has 0 spiro atoms. The van der Waals surface area contributed by atoms with E-state index in [9.17, 15) is 18.0 Å². The number of benzene rings is 1. The fourth-order valence-corrected chi connectivity index (χ4v) is 2.79. The molecule has 138 valence electrons. The molecule has 1 saturated heterocycles. The molecule has 1 aliphatic heterocycles. The number of hydrogen-bond donors (Lipinski definition) is 1. The number of aromatic nitrogens is 2. The van der Waals surface area contributed by atoms with Gasteiger partial charge >= 0.3 is 6.18 Å². The van der Waals surface area contributed by atoms with Gasteiger partial charge in [-0.25, -0.2) is 9.97 Å². The van der Waals surface area contributed by atoms with Gasteiger partial charge in [0.05, 0.1) is 11.1 Å². The first-order valence-corrected chi connectivity index (χ1v) is 8.38. The third-order valence-electron chi connectivity index (χ3n) is 4.41. The monoisotopic (exact) mass is 364 g/mol. The summed E-state index contributed by atoms with van der Waals surface area (Å²) in [5.41, 5.74) is -0.559. The van der Waals surface area contributed by atoms with Crippen molar-refractivity contribution in [2.75, 3.05) is 23.3 Å². The minimum atomic E-state index is -4.46. The third kappa shape index (κ3) is 4.30. The Kier molecular flexibility index (Phi) is 5.11. The lowest BCUT2D eigenvalue weighted by atomic mass is 10.00. The second kappa shape index (κ2) is 7.31. The SMILES string of the molecule is CC1CCN(c2ncc(C(=O)Nc3cccc(C(F)(F)F)c3)cn2)CC1. The molecule has 1 aromatic carbocycles. The molecule has 1 N–H and O–H groups in total. The summed E-state index contributed by atoms with van der Waals surface area (Å²) in [6, 6.07) is 4.49. The molecule has 5 nitrogen and oxygen atoms in total. The molecule has 3 rings (SSSR count). The van der Waals surface area contributed by atoms with Crippen molar-refractivity contribution >= 4 is 17.5 Å². The van der Waals surface area contributed by atoms with Crippen molar-refractivity contribution in [3.05, 3.63) is 47.8 Å². The Balaban J connectivity index is 1.67. The number of amides is 1. The molecular weight excluding hydrogens is 345 g/mol. The fourth-order valence-electron chi connectivity index (χ4n) is 2.79. The van der Waals surface area contributed by atoms with Gasteiger partial charge in [-0.15, -0.1) is 0 Å². The second-order valence-corrected chi connectivity index (χ2v) is 6.47. The quantitative estimate of drug-likeness (QED) is 0.895. The standard InChI is InChI=1S/C18H19F3N4O/c1-12-5-7-25(8-6-12)17-22-10-13(11-23-17)16(26)24-15-4-2-3-14(9-15)18(19,20)21/h2-4,9-12H,5-8H2,1H3,(H,24,26). The maximum atomic E-state index is 12.7. The van der Waals surface area contributed by atoms with Crippen LogP contribution < -0.4 is 10.2 Å². The van der Waals surface area contributed by atoms with E-state index in [2.05, 4.69) is 27.1 Å². The lowest BCUT2D eigenvalue weighted by Gasteiger charge is -2.30. The van der Waals surface area contributed by atoms with Crippen molar-refractivity contribution in [3.8, 4) is 0 Å². The van der Waals surface area contributed by atoms with Crippen molar-refractivity contribution in [2.45, 2.75) is 25.9 Å². The number of anilines is 2. The van der Waals surface area contributed by atoms with E-state index in [1.54, 1.807) is 0 Å². The summed E-state index contributed by atoms with van der Waals surface area (Å²) >= 11 is 0. The van der Waals surface area contributed by atoms with E-state index < -0.39 is 17.6 Å². The normalized spacial score (nSPS) is 15.8. The Morgan fingerprint density at radius 2 is 1.85 bits per heavy atom. The third-order valence-corrected chi connectivity index (χ3v) is 4.41. The maximum Gasteiger partial charge on any atom is 0.416 e. The zero-order valence-corrected chi connectivity index (χ0v) is 14.3. The molecule has 0 radical (unpaired) electrons. The van der Waals surface area contributed by atoms with Gasteiger partial charge in [0.2, 0.25) is 5.95 Å². The average molecular weight is 364 g/mol. The molecule has 2 heterocycles. The van der Waals surface area contributed by atoms with Gasteiger partial charge < -0.3 is 10.2 Å². The molecule has 2 aromatic rings. The van der Waals surface area contributed by atoms with Crippen LogP contribution in [0, 0.1) is 5.92 Å². The number of piperidine rings is 1. The highest BCUT2D eigenvalue weighted by atomic mass is 19.4. The van der Waals surface area contributed by atoms with Gasteiger partial charge in [0.25, 0.3) is 5.91 Å². The van der Waals surface area contributed by atoms with Crippen LogP contribution in [0.5, 0.6) is 0 Å². The van der Waals surface area contributed by atoms with E-state index in [-0.39, 0.29) is 11.3 Å². The number of halogens is 3. The molecule has 1 aliphatic rings. The molecule has 0 unspecified atom stereocenters. The molecular formula is C18H19F3N4O. The van der Waals surface area contributed by atoms with Crippen LogP contribution in [0.15, 0.2) is 36.7 Å². The van der Waals surface area contributed by atoms with Gasteiger partial charge in [0.15, 0.2) is 0 Å². The maximum absolute atomic E-state index is 12.7. The van der Waals surface area contributed by atoms with Gasteiger partial charge in [0, 0.05) is 31.2 Å². The highest BCUT2D eigenvalue weighted by Crippen LogP contribution is 2.30. The number of alkyl halides is 3. The molecule has 0 atom stereocenters. The van der Waals surface area contributed by atoms with E-state index in [1.807, 2.05) is 0 Å². The van der Waals surface area contributed by atoms with Crippen molar-refractivity contribution < 1.29 is 18.0 Å². The summed E-state index contributed by atoms with van der Waals surface area (Å²) in [6.45, 7) is 3.95. The molecule has 1 fully saturated rings. The smallest absolute Gasteiger partial charge is 0.341 e. The van der Waals surface area contributed by atoms with E-state index >= 15 is 0 Å². The summed E-state index contributed by atoms with van der Waals surface area (Å²) < 4.78 is 38.2. The van der Waals surface area contributed by atoms with Crippen LogP contribution in [0.4, 0.5) is 24.8 Å². The minimum absolute atomic E-state index is 0.0684. The highest BCUT2D eigenvalue weighted by Gasteiger charge is 2.30. The first-order chi connectivity index (χ1) is 12.3. The van der Waals surface area contributed by atoms with Gasteiger partial charge in [-0.3, -0.25) is 4.79 Å². The van der Waals surface area contributed by atoms with Gasteiger partial charge in [0.1, 0.15) is 0 Å². The first kappa shape index (κ1) is 18.2. The summed E-state index contributed by atoms with van der Waals surface area (Å²) in [5, 5.41) is 2.44. The Morgan fingerprint density at radius 3 is 2.46 bits per heavy atom. The average Bonchev–Trinajstić information content (AvgIpc) is 2.62. The van der Waals surface area contributed by atoms with E-state index in [0.717, 1.165) is 38.1 Å². The summed E-state index contributed by atoms with van der Waals surface area (Å²) in [6.07, 6.45) is 0.465. The number of carbonyl (C=O) groups is 1. The predicted octanol–water partition coefficient (Wildman–Crippen LogP) is 3.98. The number of nitrogens with one attached hydrogen (secondary N) is 1. The largest absolute Gasteiger partial charge is 0.416 e. The lowest BCUT2D eigenvalue weighted by Crippen LogP contribution is -2.34. The Morgan fingerprint density at radius 1 is 1.19 bits per heavy atom. The molecule has 0 saturated carbocycles. The van der Waals surface area contributed by atoms with Gasteiger partial charge in [-0.2, -0.15) is 13.2 Å². The number of rotatable bonds is 3. The molecule has 1 amide bonds. The Bertz CT molecular complexity index is 769. The van der Waals surface area contributed by atoms with Gasteiger partial charge in [-0.05, 0) is 37.0 Å². The predicted molar refractivity (Wildman–Crippen MR) is 92.0 cm³/mol. The Labute approximate surface area is 149 Å². The molecule has 8 heteroatoms. The van der Waals surface area contributed by atoms with Crippen molar-refractivity contribution in [2.24, 2.45) is 5.92 Å². The van der Waals surface area contributed by atoms with Crippen LogP contribution in [0.25, 0.3) is 0 Å². The second-order valence-electron chi connectivity index (χ2n) is 6.47. The zero-order valence-electron chi connectivity index (χ0n) is 14.3. The zero-order chi connectivity index (χ0) is 18.7. The van der Waals surface area contributed by atoms with Crippen molar-refractivity contribution in [3.63, 3.8) is 0 Å². The summed E-state index contributed by atoms with van der Waals surface area (Å²) in [5.74, 6) is 0.694. The van der Waals surface area contributed by atoms with Gasteiger partial charge in [-0.1, -0.05) is 13.0 Å². The van der Waals surface area contributed by atoms with Crippen molar-refractivity contribution in [1.82, 2.24) is 9.97 Å².